The van der Waals surface area contributed by atoms with Crippen molar-refractivity contribution in [1.29, 1.82) is 0 Å². The lowest BCUT2D eigenvalue weighted by Crippen LogP contribution is -2.48. The van der Waals surface area contributed by atoms with Gasteiger partial charge in [-0.3, -0.25) is 4.90 Å². The molecule has 13 heavy (non-hydrogen) atoms. The summed E-state index contributed by atoms with van der Waals surface area (Å²) in [5.41, 5.74) is 0. The molecule has 4 heteroatoms. The van der Waals surface area contributed by atoms with Gasteiger partial charge in [-0.1, -0.05) is 0 Å². The average Bonchev–Trinajstić information content (AvgIpc) is 2.14. The molecule has 0 radical (unpaired) electrons. The first-order chi connectivity index (χ1) is 6.26. The third kappa shape index (κ3) is 3.60. The average molecular weight is 189 g/mol. The number of ether oxygens (including phenoxy) is 2. The Morgan fingerprint density at radius 3 is 2.92 bits per heavy atom. The summed E-state index contributed by atoms with van der Waals surface area (Å²) in [6, 6.07) is 0. The van der Waals surface area contributed by atoms with Crippen LogP contribution in [0.4, 0.5) is 0 Å². The molecule has 0 spiro atoms. The van der Waals surface area contributed by atoms with Crippen LogP contribution in [0.2, 0.25) is 0 Å². The lowest BCUT2D eigenvalue weighted by atomic mass is 10.2. The molecule has 1 fully saturated rings. The second-order valence-electron chi connectivity index (χ2n) is 3.50. The molecule has 2 atom stereocenters. The number of aliphatic hydroxyl groups is 1. The van der Waals surface area contributed by atoms with Gasteiger partial charge in [-0.15, -0.1) is 0 Å². The molecule has 0 saturated carbocycles. The van der Waals surface area contributed by atoms with Gasteiger partial charge in [-0.25, -0.2) is 0 Å². The predicted molar refractivity (Wildman–Crippen MR) is 49.7 cm³/mol. The number of methoxy groups -OCH3 is 1. The molecule has 0 aromatic carbocycles. The number of hydrogen-bond donors (Lipinski definition) is 1. The molecule has 0 aromatic heterocycles. The van der Waals surface area contributed by atoms with E-state index in [-0.39, 0.29) is 18.8 Å². The van der Waals surface area contributed by atoms with E-state index in [9.17, 15) is 0 Å². The minimum Gasteiger partial charge on any atom is -0.394 e. The third-order valence-corrected chi connectivity index (χ3v) is 2.22. The van der Waals surface area contributed by atoms with Crippen LogP contribution in [0, 0.1) is 0 Å². The van der Waals surface area contributed by atoms with Crippen molar-refractivity contribution in [1.82, 2.24) is 4.90 Å². The molecule has 2 unspecified atom stereocenters. The largest absolute Gasteiger partial charge is 0.394 e. The van der Waals surface area contributed by atoms with Gasteiger partial charge in [0, 0.05) is 26.7 Å². The topological polar surface area (TPSA) is 41.9 Å². The molecule has 1 heterocycles. The molecule has 78 valence electrons. The molecular weight excluding hydrogens is 170 g/mol. The molecule has 1 N–H and O–H groups in total. The highest BCUT2D eigenvalue weighted by Gasteiger charge is 2.23. The summed E-state index contributed by atoms with van der Waals surface area (Å²) in [5.74, 6) is 0. The van der Waals surface area contributed by atoms with Crippen molar-refractivity contribution in [2.45, 2.75) is 19.1 Å². The number of rotatable bonds is 4. The molecular formula is C9H19NO3. The van der Waals surface area contributed by atoms with E-state index in [4.69, 9.17) is 14.6 Å². The zero-order chi connectivity index (χ0) is 9.68. The maximum atomic E-state index is 8.97. The fraction of sp³-hybridized carbons (Fsp3) is 1.00. The minimum atomic E-state index is -0.0272. The Bertz CT molecular complexity index is 143. The smallest absolute Gasteiger partial charge is 0.0936 e. The van der Waals surface area contributed by atoms with Gasteiger partial charge in [0.25, 0.3) is 0 Å². The lowest BCUT2D eigenvalue weighted by molar-refractivity contribution is -0.0978. The predicted octanol–water partition coefficient (Wildman–Crippen LogP) is -0.286. The zero-order valence-electron chi connectivity index (χ0n) is 8.40. The van der Waals surface area contributed by atoms with Gasteiger partial charge < -0.3 is 14.6 Å². The Kier molecular flexibility index (Phi) is 4.66. The minimum absolute atomic E-state index is 0.0272. The monoisotopic (exact) mass is 189 g/mol. The summed E-state index contributed by atoms with van der Waals surface area (Å²) in [6.07, 6.45) is 0.184. The Labute approximate surface area is 79.4 Å². The molecule has 1 aliphatic heterocycles. The fourth-order valence-corrected chi connectivity index (χ4v) is 1.64. The van der Waals surface area contributed by atoms with E-state index in [2.05, 4.69) is 4.90 Å². The maximum absolute atomic E-state index is 8.97. The van der Waals surface area contributed by atoms with Gasteiger partial charge in [-0.2, -0.15) is 0 Å². The molecule has 1 aliphatic rings. The van der Waals surface area contributed by atoms with Crippen LogP contribution in [0.25, 0.3) is 0 Å². The van der Waals surface area contributed by atoms with Gasteiger partial charge in [0.1, 0.15) is 0 Å². The van der Waals surface area contributed by atoms with E-state index >= 15 is 0 Å². The first-order valence-corrected chi connectivity index (χ1v) is 4.74. The molecule has 0 aromatic rings. The van der Waals surface area contributed by atoms with Crippen molar-refractivity contribution >= 4 is 0 Å². The highest BCUT2D eigenvalue weighted by molar-refractivity contribution is 4.74. The zero-order valence-corrected chi connectivity index (χ0v) is 8.40. The van der Waals surface area contributed by atoms with E-state index in [1.54, 1.807) is 7.11 Å². The van der Waals surface area contributed by atoms with Crippen molar-refractivity contribution in [3.63, 3.8) is 0 Å². The van der Waals surface area contributed by atoms with Crippen molar-refractivity contribution < 1.29 is 14.6 Å². The standard InChI is InChI=1S/C9H19NO3/c1-8-5-10(3-4-12-2)6-9(7-11)13-8/h8-9,11H,3-7H2,1-2H3. The summed E-state index contributed by atoms with van der Waals surface area (Å²) in [7, 11) is 1.70. The van der Waals surface area contributed by atoms with E-state index < -0.39 is 0 Å². The summed E-state index contributed by atoms with van der Waals surface area (Å²) < 4.78 is 10.5. The summed E-state index contributed by atoms with van der Waals surface area (Å²) in [4.78, 5) is 2.26. The Morgan fingerprint density at radius 2 is 2.31 bits per heavy atom. The Hall–Kier alpha value is -0.160. The molecule has 1 rings (SSSR count). The van der Waals surface area contributed by atoms with Crippen LogP contribution < -0.4 is 0 Å². The molecule has 1 saturated heterocycles. The van der Waals surface area contributed by atoms with Crippen LogP contribution in [0.5, 0.6) is 0 Å². The molecule has 0 bridgehead atoms. The quantitative estimate of drug-likeness (QED) is 0.660. The number of aliphatic hydroxyl groups excluding tert-OH is 1. The van der Waals surface area contributed by atoms with Crippen LogP contribution in [-0.4, -0.2) is 62.2 Å². The lowest BCUT2D eigenvalue weighted by Gasteiger charge is -2.35. The van der Waals surface area contributed by atoms with Gasteiger partial charge in [-0.05, 0) is 6.92 Å². The third-order valence-electron chi connectivity index (χ3n) is 2.22. The van der Waals surface area contributed by atoms with Gasteiger partial charge in [0.2, 0.25) is 0 Å². The normalized spacial score (nSPS) is 30.7. The molecule has 4 nitrogen and oxygen atoms in total. The van der Waals surface area contributed by atoms with Crippen LogP contribution in [0.1, 0.15) is 6.92 Å². The first kappa shape index (κ1) is 10.9. The van der Waals surface area contributed by atoms with Crippen molar-refractivity contribution in [2.24, 2.45) is 0 Å². The summed E-state index contributed by atoms with van der Waals surface area (Å²) in [6.45, 7) is 5.53. The van der Waals surface area contributed by atoms with Crippen molar-refractivity contribution in [3.05, 3.63) is 0 Å². The Balaban J connectivity index is 2.29. The maximum Gasteiger partial charge on any atom is 0.0936 e. The van der Waals surface area contributed by atoms with Crippen LogP contribution in [0.3, 0.4) is 0 Å². The van der Waals surface area contributed by atoms with Gasteiger partial charge in [0.05, 0.1) is 25.4 Å². The van der Waals surface area contributed by atoms with E-state index in [1.807, 2.05) is 6.92 Å². The van der Waals surface area contributed by atoms with Gasteiger partial charge >= 0.3 is 0 Å². The van der Waals surface area contributed by atoms with E-state index in [0.29, 0.717) is 0 Å². The van der Waals surface area contributed by atoms with Crippen LogP contribution in [0.15, 0.2) is 0 Å². The van der Waals surface area contributed by atoms with Crippen molar-refractivity contribution in [2.75, 3.05) is 40.0 Å². The summed E-state index contributed by atoms with van der Waals surface area (Å²) in [5, 5.41) is 8.97. The van der Waals surface area contributed by atoms with E-state index in [1.165, 1.54) is 0 Å². The SMILES string of the molecule is COCCN1CC(C)OC(CO)C1. The highest BCUT2D eigenvalue weighted by Crippen LogP contribution is 2.09. The van der Waals surface area contributed by atoms with Gasteiger partial charge in [0.15, 0.2) is 0 Å². The number of morpholine rings is 1. The van der Waals surface area contributed by atoms with E-state index in [0.717, 1.165) is 26.2 Å². The fourth-order valence-electron chi connectivity index (χ4n) is 1.64. The number of hydrogen-bond acceptors (Lipinski definition) is 4. The second kappa shape index (κ2) is 5.54. The van der Waals surface area contributed by atoms with Crippen LogP contribution >= 0.6 is 0 Å². The summed E-state index contributed by atoms with van der Waals surface area (Å²) >= 11 is 0. The highest BCUT2D eigenvalue weighted by atomic mass is 16.5. The molecule has 0 amide bonds. The Morgan fingerprint density at radius 1 is 1.54 bits per heavy atom. The van der Waals surface area contributed by atoms with Crippen LogP contribution in [-0.2, 0) is 9.47 Å². The second-order valence-corrected chi connectivity index (χ2v) is 3.50. The van der Waals surface area contributed by atoms with Crippen molar-refractivity contribution in [3.8, 4) is 0 Å². The first-order valence-electron chi connectivity index (χ1n) is 4.74. The number of nitrogens with zero attached hydrogens (tertiary/aromatic N) is 1. The molecule has 0 aliphatic carbocycles.